The summed E-state index contributed by atoms with van der Waals surface area (Å²) >= 11 is 0.957. The average Bonchev–Trinajstić information content (AvgIpc) is 3.25. The summed E-state index contributed by atoms with van der Waals surface area (Å²) in [5, 5.41) is 4.22. The molecule has 0 N–H and O–H groups in total. The normalized spacial score (nSPS) is 24.7. The van der Waals surface area contributed by atoms with Crippen molar-refractivity contribution >= 4 is 34.5 Å². The number of hydrogen-bond acceptors (Lipinski definition) is 6. The molecular formula is C17H17N5O3S. The second kappa shape index (κ2) is 5.54. The van der Waals surface area contributed by atoms with Gasteiger partial charge in [-0.2, -0.15) is 5.10 Å². The van der Waals surface area contributed by atoms with Crippen molar-refractivity contribution in [2.24, 2.45) is 0 Å². The van der Waals surface area contributed by atoms with E-state index >= 15 is 0 Å². The van der Waals surface area contributed by atoms with Crippen LogP contribution in [0.15, 0.2) is 12.3 Å². The Balaban J connectivity index is 1.48. The van der Waals surface area contributed by atoms with Crippen LogP contribution in [0.1, 0.15) is 35.8 Å². The maximum Gasteiger partial charge on any atom is 0.289 e. The highest BCUT2D eigenvalue weighted by Gasteiger charge is 2.45. The Kier molecular flexibility index (Phi) is 3.37. The molecule has 3 aliphatic rings. The zero-order chi connectivity index (χ0) is 18.0. The van der Waals surface area contributed by atoms with Crippen LogP contribution in [0.4, 0.5) is 4.79 Å². The van der Waals surface area contributed by atoms with E-state index in [1.165, 1.54) is 0 Å². The molecular weight excluding hydrogens is 354 g/mol. The maximum absolute atomic E-state index is 12.9. The topological polar surface area (TPSA) is 87.9 Å². The van der Waals surface area contributed by atoms with Crippen LogP contribution in [0.2, 0.25) is 0 Å². The highest BCUT2D eigenvalue weighted by molar-refractivity contribution is 8.14. The number of carbonyl (C=O) groups excluding carboxylic acids is 3. The fourth-order valence-corrected chi connectivity index (χ4v) is 5.06. The summed E-state index contributed by atoms with van der Waals surface area (Å²) in [4.78, 5) is 44.0. The SMILES string of the molecule is Cc1cc2ncc3c(n2n1)C[C@H]1CC[C@H]3N1C(=O)CN1C(=O)CSC1=O. The van der Waals surface area contributed by atoms with Gasteiger partial charge in [0.15, 0.2) is 5.65 Å². The number of nitrogens with zero attached hydrogens (tertiary/aromatic N) is 5. The molecule has 134 valence electrons. The minimum absolute atomic E-state index is 0.0573. The number of aryl methyl sites for hydroxylation is 1. The summed E-state index contributed by atoms with van der Waals surface area (Å²) in [5.41, 5.74) is 3.88. The molecule has 8 nitrogen and oxygen atoms in total. The molecule has 0 aliphatic carbocycles. The van der Waals surface area contributed by atoms with E-state index in [1.807, 2.05) is 28.6 Å². The van der Waals surface area contributed by atoms with Crippen molar-refractivity contribution in [3.05, 3.63) is 29.2 Å². The third-order valence-electron chi connectivity index (χ3n) is 5.45. The van der Waals surface area contributed by atoms with Gasteiger partial charge in [0.25, 0.3) is 5.24 Å². The molecule has 3 aliphatic heterocycles. The predicted molar refractivity (Wildman–Crippen MR) is 93.6 cm³/mol. The quantitative estimate of drug-likeness (QED) is 0.791. The van der Waals surface area contributed by atoms with Gasteiger partial charge in [-0.15, -0.1) is 0 Å². The minimum Gasteiger partial charge on any atom is -0.331 e. The molecule has 3 amide bonds. The van der Waals surface area contributed by atoms with Gasteiger partial charge in [0.05, 0.1) is 23.2 Å². The molecule has 2 aromatic rings. The maximum atomic E-state index is 12.9. The van der Waals surface area contributed by atoms with Gasteiger partial charge >= 0.3 is 0 Å². The van der Waals surface area contributed by atoms with E-state index in [0.29, 0.717) is 6.42 Å². The number of carbonyl (C=O) groups is 3. The van der Waals surface area contributed by atoms with Gasteiger partial charge in [-0.25, -0.2) is 9.50 Å². The lowest BCUT2D eigenvalue weighted by atomic mass is 9.99. The van der Waals surface area contributed by atoms with Crippen LogP contribution in [-0.2, 0) is 16.0 Å². The first-order valence-corrected chi connectivity index (χ1v) is 9.64. The van der Waals surface area contributed by atoms with Crippen molar-refractivity contribution in [2.75, 3.05) is 12.3 Å². The van der Waals surface area contributed by atoms with Crippen LogP contribution in [-0.4, -0.2) is 59.8 Å². The van der Waals surface area contributed by atoms with Crippen LogP contribution in [0.25, 0.3) is 5.65 Å². The van der Waals surface area contributed by atoms with Crippen LogP contribution in [0.5, 0.6) is 0 Å². The largest absolute Gasteiger partial charge is 0.331 e. The predicted octanol–water partition coefficient (Wildman–Crippen LogP) is 1.32. The molecule has 0 aromatic carbocycles. The Hall–Kier alpha value is -2.42. The number of rotatable bonds is 2. The van der Waals surface area contributed by atoms with Crippen molar-refractivity contribution < 1.29 is 14.4 Å². The lowest BCUT2D eigenvalue weighted by Crippen LogP contribution is -2.48. The highest BCUT2D eigenvalue weighted by atomic mass is 32.2. The zero-order valence-electron chi connectivity index (χ0n) is 14.2. The molecule has 9 heteroatoms. The Morgan fingerprint density at radius 3 is 2.96 bits per heavy atom. The molecule has 5 heterocycles. The third-order valence-corrected chi connectivity index (χ3v) is 6.31. The molecule has 0 saturated carbocycles. The van der Waals surface area contributed by atoms with Crippen molar-refractivity contribution in [3.63, 3.8) is 0 Å². The van der Waals surface area contributed by atoms with Crippen molar-refractivity contribution in [2.45, 2.75) is 38.3 Å². The van der Waals surface area contributed by atoms with E-state index < -0.39 is 0 Å². The average molecular weight is 371 g/mol. The molecule has 2 atom stereocenters. The van der Waals surface area contributed by atoms with Gasteiger partial charge in [-0.1, -0.05) is 11.8 Å². The number of aromatic nitrogens is 3. The van der Waals surface area contributed by atoms with E-state index in [2.05, 4.69) is 10.1 Å². The first kappa shape index (κ1) is 15.8. The minimum atomic E-state index is -0.330. The molecule has 2 aromatic heterocycles. The summed E-state index contributed by atoms with van der Waals surface area (Å²) in [6, 6.07) is 1.97. The van der Waals surface area contributed by atoms with E-state index in [1.54, 1.807) is 0 Å². The van der Waals surface area contributed by atoms with Crippen molar-refractivity contribution in [1.82, 2.24) is 24.4 Å². The van der Waals surface area contributed by atoms with Crippen LogP contribution in [0.3, 0.4) is 0 Å². The van der Waals surface area contributed by atoms with E-state index in [9.17, 15) is 14.4 Å². The number of thioether (sulfide) groups is 1. The molecule has 2 fully saturated rings. The van der Waals surface area contributed by atoms with E-state index in [4.69, 9.17) is 0 Å². The van der Waals surface area contributed by atoms with Gasteiger partial charge in [0.1, 0.15) is 6.54 Å². The standard InChI is InChI=1S/C17H17N5O3S/c1-9-4-14-18-6-11-12-3-2-10(5-13(11)22(14)19-9)21(12)15(23)7-20-16(24)8-26-17(20)25/h4,6,10,12H,2-3,5,7-8H2,1H3/t10-,12-/m1/s1. The molecule has 2 saturated heterocycles. The van der Waals surface area contributed by atoms with Gasteiger partial charge in [0.2, 0.25) is 11.8 Å². The molecule has 26 heavy (non-hydrogen) atoms. The Bertz CT molecular complexity index is 955. The Morgan fingerprint density at radius 1 is 1.35 bits per heavy atom. The number of amides is 3. The van der Waals surface area contributed by atoms with Gasteiger partial charge in [-0.05, 0) is 19.8 Å². The Morgan fingerprint density at radius 2 is 2.19 bits per heavy atom. The number of fused-ring (bicyclic) bond motifs is 6. The fraction of sp³-hybridized carbons (Fsp3) is 0.471. The second-order valence-corrected chi connectivity index (χ2v) is 7.93. The lowest BCUT2D eigenvalue weighted by molar-refractivity contribution is -0.139. The highest BCUT2D eigenvalue weighted by Crippen LogP contribution is 2.43. The van der Waals surface area contributed by atoms with Crippen molar-refractivity contribution in [3.8, 4) is 0 Å². The molecule has 0 unspecified atom stereocenters. The summed E-state index contributed by atoms with van der Waals surface area (Å²) < 4.78 is 1.89. The third kappa shape index (κ3) is 2.19. The van der Waals surface area contributed by atoms with Gasteiger partial charge in [0, 0.05) is 30.3 Å². The van der Waals surface area contributed by atoms with Crippen LogP contribution >= 0.6 is 11.8 Å². The second-order valence-electron chi connectivity index (χ2n) is 7.00. The summed E-state index contributed by atoms with van der Waals surface area (Å²) in [5.74, 6) is -0.319. The molecule has 0 spiro atoms. The number of imide groups is 1. The van der Waals surface area contributed by atoms with Crippen molar-refractivity contribution in [1.29, 1.82) is 0 Å². The summed E-state index contributed by atoms with van der Waals surface area (Å²) in [6.07, 6.45) is 4.34. The van der Waals surface area contributed by atoms with E-state index in [-0.39, 0.29) is 41.4 Å². The first-order valence-electron chi connectivity index (χ1n) is 8.65. The van der Waals surface area contributed by atoms with Crippen LogP contribution < -0.4 is 0 Å². The summed E-state index contributed by atoms with van der Waals surface area (Å²) in [6.45, 7) is 1.78. The fourth-order valence-electron chi connectivity index (χ4n) is 4.33. The first-order chi connectivity index (χ1) is 12.5. The molecule has 5 rings (SSSR count). The lowest BCUT2D eigenvalue weighted by Gasteiger charge is -2.36. The van der Waals surface area contributed by atoms with Gasteiger partial charge in [-0.3, -0.25) is 19.3 Å². The molecule has 0 radical (unpaired) electrons. The Labute approximate surface area is 153 Å². The summed E-state index contributed by atoms with van der Waals surface area (Å²) in [7, 11) is 0. The van der Waals surface area contributed by atoms with E-state index in [0.717, 1.165) is 52.1 Å². The molecule has 2 bridgehead atoms. The number of hydrogen-bond donors (Lipinski definition) is 0. The smallest absolute Gasteiger partial charge is 0.289 e. The van der Waals surface area contributed by atoms with Crippen LogP contribution in [0, 0.1) is 6.92 Å². The van der Waals surface area contributed by atoms with Gasteiger partial charge < -0.3 is 4.90 Å². The zero-order valence-corrected chi connectivity index (χ0v) is 15.0. The monoisotopic (exact) mass is 371 g/mol.